The van der Waals surface area contributed by atoms with Gasteiger partial charge in [-0.3, -0.25) is 9.59 Å². The van der Waals surface area contributed by atoms with Crippen molar-refractivity contribution in [2.75, 3.05) is 53.0 Å². The van der Waals surface area contributed by atoms with E-state index in [1.54, 1.807) is 0 Å². The number of carbonyl (C=O) groups excluding carboxylic acids is 2. The van der Waals surface area contributed by atoms with Crippen molar-refractivity contribution in [1.29, 1.82) is 0 Å². The first-order valence-corrected chi connectivity index (χ1v) is 24.1. The molecule has 0 aromatic rings. The molecule has 0 rings (SSSR count). The van der Waals surface area contributed by atoms with Crippen LogP contribution in [0, 0.1) is 11.8 Å². The van der Waals surface area contributed by atoms with E-state index in [0.717, 1.165) is 71.2 Å². The van der Waals surface area contributed by atoms with Crippen molar-refractivity contribution in [1.82, 2.24) is 9.80 Å². The minimum atomic E-state index is -0.00121. The predicted molar refractivity (Wildman–Crippen MR) is 234 cm³/mol. The lowest BCUT2D eigenvalue weighted by molar-refractivity contribution is -0.146. The monoisotopic (exact) mass is 765 g/mol. The molecular weight excluding hydrogens is 669 g/mol. The summed E-state index contributed by atoms with van der Waals surface area (Å²) in [5.41, 5.74) is 0. The topological polar surface area (TPSA) is 59.1 Å². The third kappa shape index (κ3) is 36.5. The summed E-state index contributed by atoms with van der Waals surface area (Å²) in [4.78, 5) is 30.3. The fourth-order valence-electron chi connectivity index (χ4n) is 7.53. The predicted octanol–water partition coefficient (Wildman–Crippen LogP) is 13.7. The number of ether oxygens (including phenoxy) is 2. The summed E-state index contributed by atoms with van der Waals surface area (Å²) in [6, 6.07) is 0. The molecule has 0 aromatic heterocycles. The van der Waals surface area contributed by atoms with Crippen molar-refractivity contribution < 1.29 is 19.1 Å². The molecule has 6 nitrogen and oxygen atoms in total. The van der Waals surface area contributed by atoms with Crippen LogP contribution in [-0.2, 0) is 19.1 Å². The highest BCUT2D eigenvalue weighted by molar-refractivity contribution is 5.69. The highest BCUT2D eigenvalue weighted by Crippen LogP contribution is 2.21. The van der Waals surface area contributed by atoms with Crippen molar-refractivity contribution in [2.24, 2.45) is 11.8 Å². The SMILES string of the molecule is CCCCCCCCC(CCCCC)COC(=O)CCCCCN(CCCCCC(=O)OCC(CCCCCC)CCCCCCCC)CCN(C)CC. The van der Waals surface area contributed by atoms with Crippen LogP contribution in [-0.4, -0.2) is 74.7 Å². The quantitative estimate of drug-likeness (QED) is 0.0455. The summed E-state index contributed by atoms with van der Waals surface area (Å²) in [7, 11) is 2.20. The van der Waals surface area contributed by atoms with E-state index in [4.69, 9.17) is 9.47 Å². The van der Waals surface area contributed by atoms with Crippen molar-refractivity contribution in [2.45, 2.75) is 234 Å². The largest absolute Gasteiger partial charge is 0.465 e. The summed E-state index contributed by atoms with van der Waals surface area (Å²) < 4.78 is 11.7. The normalized spacial score (nSPS) is 12.8. The van der Waals surface area contributed by atoms with E-state index in [2.05, 4.69) is 51.5 Å². The Bertz CT molecular complexity index is 793. The Morgan fingerprint density at radius 3 is 1.15 bits per heavy atom. The van der Waals surface area contributed by atoms with Gasteiger partial charge in [-0.15, -0.1) is 0 Å². The van der Waals surface area contributed by atoms with Crippen molar-refractivity contribution in [3.63, 3.8) is 0 Å². The molecule has 0 aromatic carbocycles. The molecular formula is C48H96N2O4. The summed E-state index contributed by atoms with van der Waals surface area (Å²) in [6.45, 7) is 17.9. The van der Waals surface area contributed by atoms with Gasteiger partial charge in [0, 0.05) is 25.9 Å². The van der Waals surface area contributed by atoms with Gasteiger partial charge in [0.05, 0.1) is 13.2 Å². The Morgan fingerprint density at radius 2 is 0.741 bits per heavy atom. The number of hydrogen-bond donors (Lipinski definition) is 0. The number of esters is 2. The molecule has 322 valence electrons. The molecule has 0 spiro atoms. The van der Waals surface area contributed by atoms with Crippen LogP contribution in [0.2, 0.25) is 0 Å². The van der Waals surface area contributed by atoms with Crippen molar-refractivity contribution in [3.8, 4) is 0 Å². The average Bonchev–Trinajstić information content (AvgIpc) is 3.17. The van der Waals surface area contributed by atoms with Crippen LogP contribution < -0.4 is 0 Å². The van der Waals surface area contributed by atoms with Gasteiger partial charge in [-0.2, -0.15) is 0 Å². The first kappa shape index (κ1) is 52.9. The van der Waals surface area contributed by atoms with Crippen LogP contribution in [0.15, 0.2) is 0 Å². The maximum absolute atomic E-state index is 12.7. The molecule has 0 saturated heterocycles. The molecule has 0 bridgehead atoms. The maximum Gasteiger partial charge on any atom is 0.305 e. The molecule has 0 amide bonds. The minimum absolute atomic E-state index is 0.00118. The second-order valence-electron chi connectivity index (χ2n) is 16.9. The van der Waals surface area contributed by atoms with Gasteiger partial charge >= 0.3 is 11.9 Å². The fraction of sp³-hybridized carbons (Fsp3) is 0.958. The fourth-order valence-corrected chi connectivity index (χ4v) is 7.53. The highest BCUT2D eigenvalue weighted by Gasteiger charge is 2.14. The molecule has 0 N–H and O–H groups in total. The third-order valence-corrected chi connectivity index (χ3v) is 11.6. The van der Waals surface area contributed by atoms with Gasteiger partial charge in [0.2, 0.25) is 0 Å². The Hall–Kier alpha value is -1.14. The number of nitrogens with zero attached hydrogens (tertiary/aromatic N) is 2. The third-order valence-electron chi connectivity index (χ3n) is 11.6. The van der Waals surface area contributed by atoms with Crippen LogP contribution in [0.25, 0.3) is 0 Å². The summed E-state index contributed by atoms with van der Waals surface area (Å²) in [6.07, 6.45) is 36.9. The van der Waals surface area contributed by atoms with E-state index < -0.39 is 0 Å². The zero-order chi connectivity index (χ0) is 39.7. The molecule has 0 radical (unpaired) electrons. The second kappa shape index (κ2) is 41.5. The number of likely N-dealkylation sites (N-methyl/N-ethyl adjacent to an activating group) is 1. The van der Waals surface area contributed by atoms with Gasteiger partial charge in [0.25, 0.3) is 0 Å². The van der Waals surface area contributed by atoms with Crippen LogP contribution in [0.3, 0.4) is 0 Å². The van der Waals surface area contributed by atoms with E-state index in [1.165, 1.54) is 148 Å². The molecule has 0 fully saturated rings. The highest BCUT2D eigenvalue weighted by atomic mass is 16.5. The van der Waals surface area contributed by atoms with E-state index in [-0.39, 0.29) is 11.9 Å². The minimum Gasteiger partial charge on any atom is -0.465 e. The molecule has 0 aliphatic carbocycles. The Labute approximate surface area is 338 Å². The van der Waals surface area contributed by atoms with E-state index in [9.17, 15) is 9.59 Å². The summed E-state index contributed by atoms with van der Waals surface area (Å²) in [5.74, 6) is 1.06. The first-order chi connectivity index (χ1) is 26.4. The zero-order valence-electron chi connectivity index (χ0n) is 37.6. The molecule has 2 atom stereocenters. The smallest absolute Gasteiger partial charge is 0.305 e. The lowest BCUT2D eigenvalue weighted by Crippen LogP contribution is -2.34. The van der Waals surface area contributed by atoms with Crippen LogP contribution in [0.4, 0.5) is 0 Å². The Morgan fingerprint density at radius 1 is 0.407 bits per heavy atom. The maximum atomic E-state index is 12.7. The molecule has 0 heterocycles. The molecule has 0 aliphatic rings. The van der Waals surface area contributed by atoms with Gasteiger partial charge in [0.1, 0.15) is 0 Å². The summed E-state index contributed by atoms with van der Waals surface area (Å²) in [5, 5.41) is 0. The van der Waals surface area contributed by atoms with Gasteiger partial charge in [0.15, 0.2) is 0 Å². The molecule has 0 saturated carbocycles. The number of rotatable bonds is 43. The molecule has 6 heteroatoms. The second-order valence-corrected chi connectivity index (χ2v) is 16.9. The van der Waals surface area contributed by atoms with Gasteiger partial charge in [-0.1, -0.05) is 169 Å². The van der Waals surface area contributed by atoms with Crippen molar-refractivity contribution >= 4 is 11.9 Å². The first-order valence-electron chi connectivity index (χ1n) is 24.1. The number of carbonyl (C=O) groups is 2. The van der Waals surface area contributed by atoms with Crippen molar-refractivity contribution in [3.05, 3.63) is 0 Å². The number of unbranched alkanes of at least 4 members (excludes halogenated alkanes) is 19. The van der Waals surface area contributed by atoms with Crippen LogP contribution >= 0.6 is 0 Å². The van der Waals surface area contributed by atoms with Gasteiger partial charge in [-0.05, 0) is 89.9 Å². The molecule has 2 unspecified atom stereocenters. The lowest BCUT2D eigenvalue weighted by atomic mass is 9.95. The molecule has 0 aliphatic heterocycles. The van der Waals surface area contributed by atoms with Gasteiger partial charge in [-0.25, -0.2) is 0 Å². The molecule has 54 heavy (non-hydrogen) atoms. The van der Waals surface area contributed by atoms with E-state index >= 15 is 0 Å². The average molecular weight is 765 g/mol. The van der Waals surface area contributed by atoms with Crippen LogP contribution in [0.5, 0.6) is 0 Å². The Balaban J connectivity index is 4.45. The van der Waals surface area contributed by atoms with Gasteiger partial charge < -0.3 is 19.3 Å². The standard InChI is InChI=1S/C48H96N2O4/c1-7-12-16-19-21-27-35-45(33-25-15-10-4)43-53-47(51)37-29-23-31-39-50(42-41-49(6)11-5)40-32-24-30-38-48(52)54-44-46(34-26-18-14-9-3)36-28-22-20-17-13-8-2/h45-46H,7-44H2,1-6H3. The zero-order valence-corrected chi connectivity index (χ0v) is 37.6. The Kier molecular flexibility index (Phi) is 40.6. The van der Waals surface area contributed by atoms with E-state index in [1.807, 2.05) is 0 Å². The van der Waals surface area contributed by atoms with E-state index in [0.29, 0.717) is 37.9 Å². The summed E-state index contributed by atoms with van der Waals surface area (Å²) >= 11 is 0. The lowest BCUT2D eigenvalue weighted by Gasteiger charge is -2.25. The number of hydrogen-bond acceptors (Lipinski definition) is 6. The van der Waals surface area contributed by atoms with Crippen LogP contribution in [0.1, 0.15) is 234 Å².